The van der Waals surface area contributed by atoms with E-state index in [0.29, 0.717) is 12.4 Å². The number of thiophene rings is 1. The molecule has 0 saturated carbocycles. The van der Waals surface area contributed by atoms with Crippen LogP contribution in [-0.4, -0.2) is 22.4 Å². The largest absolute Gasteiger partial charge is 0.370 e. The number of aromatic nitrogens is 2. The first-order valence-corrected chi connectivity index (χ1v) is 5.94. The topological polar surface area (TPSA) is 107 Å². The molecule has 0 aliphatic heterocycles. The number of carbonyl (C=O) groups is 1. The molecule has 2 aromatic rings. The van der Waals surface area contributed by atoms with Crippen LogP contribution in [0.1, 0.15) is 11.3 Å². The second-order valence-corrected chi connectivity index (χ2v) is 4.88. The zero-order valence-corrected chi connectivity index (χ0v) is 10.2. The van der Waals surface area contributed by atoms with Crippen molar-refractivity contribution in [2.45, 2.75) is 13.3 Å². The third-order valence-corrected chi connectivity index (χ3v) is 3.14. The standard InChI is InChI=1S/C10H13N5OS/c1-5-4-6-8(13-3-2-7(11)16)14-10(12)15-9(6)17-5/h4H,2-3H2,1H3,(H2,11,16)(H3,12,13,14,15). The number of nitrogens with two attached hydrogens (primary N) is 2. The van der Waals surface area contributed by atoms with Crippen LogP contribution in [0.3, 0.4) is 0 Å². The maximum Gasteiger partial charge on any atom is 0.223 e. The first-order chi connectivity index (χ1) is 8.06. The Morgan fingerprint density at radius 1 is 1.53 bits per heavy atom. The van der Waals surface area contributed by atoms with Gasteiger partial charge >= 0.3 is 0 Å². The van der Waals surface area contributed by atoms with Crippen molar-refractivity contribution in [3.8, 4) is 0 Å². The number of primary amides is 1. The van der Waals surface area contributed by atoms with Gasteiger partial charge in [0.05, 0.1) is 5.39 Å². The van der Waals surface area contributed by atoms with Crippen molar-refractivity contribution in [1.29, 1.82) is 0 Å². The van der Waals surface area contributed by atoms with E-state index in [-0.39, 0.29) is 18.3 Å². The molecule has 0 saturated heterocycles. The molecule has 0 aliphatic carbocycles. The summed E-state index contributed by atoms with van der Waals surface area (Å²) in [7, 11) is 0. The van der Waals surface area contributed by atoms with E-state index in [0.717, 1.165) is 15.1 Å². The third-order valence-electron chi connectivity index (χ3n) is 2.20. The molecule has 90 valence electrons. The van der Waals surface area contributed by atoms with Gasteiger partial charge in [0.25, 0.3) is 0 Å². The highest BCUT2D eigenvalue weighted by molar-refractivity contribution is 7.18. The second-order valence-electron chi connectivity index (χ2n) is 3.65. The van der Waals surface area contributed by atoms with Gasteiger partial charge in [0, 0.05) is 17.8 Å². The van der Waals surface area contributed by atoms with Crippen molar-refractivity contribution in [2.75, 3.05) is 17.6 Å². The average molecular weight is 251 g/mol. The molecule has 17 heavy (non-hydrogen) atoms. The molecule has 5 N–H and O–H groups in total. The lowest BCUT2D eigenvalue weighted by molar-refractivity contribution is -0.117. The molecular weight excluding hydrogens is 238 g/mol. The number of nitrogen functional groups attached to an aromatic ring is 1. The Hall–Kier alpha value is -1.89. The summed E-state index contributed by atoms with van der Waals surface area (Å²) in [4.78, 5) is 20.9. The maximum absolute atomic E-state index is 10.7. The van der Waals surface area contributed by atoms with E-state index >= 15 is 0 Å². The molecule has 2 heterocycles. The lowest BCUT2D eigenvalue weighted by Crippen LogP contribution is -2.16. The molecule has 0 atom stereocenters. The fraction of sp³-hybridized carbons (Fsp3) is 0.300. The van der Waals surface area contributed by atoms with Gasteiger partial charge < -0.3 is 16.8 Å². The Balaban J connectivity index is 2.28. The Morgan fingerprint density at radius 3 is 3.00 bits per heavy atom. The molecule has 6 nitrogen and oxygen atoms in total. The van der Waals surface area contributed by atoms with Crippen LogP contribution in [0.2, 0.25) is 0 Å². The van der Waals surface area contributed by atoms with E-state index in [4.69, 9.17) is 11.5 Å². The summed E-state index contributed by atoms with van der Waals surface area (Å²) in [5.41, 5.74) is 10.7. The first kappa shape index (κ1) is 11.6. The Kier molecular flexibility index (Phi) is 3.10. The number of fused-ring (bicyclic) bond motifs is 1. The van der Waals surface area contributed by atoms with E-state index in [1.54, 1.807) is 11.3 Å². The highest BCUT2D eigenvalue weighted by Crippen LogP contribution is 2.28. The summed E-state index contributed by atoms with van der Waals surface area (Å²) < 4.78 is 0. The first-order valence-electron chi connectivity index (χ1n) is 5.12. The molecule has 1 amide bonds. The highest BCUT2D eigenvalue weighted by atomic mass is 32.1. The number of aryl methyl sites for hydroxylation is 1. The minimum Gasteiger partial charge on any atom is -0.370 e. The van der Waals surface area contributed by atoms with Gasteiger partial charge in [-0.2, -0.15) is 4.98 Å². The average Bonchev–Trinajstić information content (AvgIpc) is 2.57. The summed E-state index contributed by atoms with van der Waals surface area (Å²) in [5.74, 6) is 0.524. The Morgan fingerprint density at radius 2 is 2.29 bits per heavy atom. The number of carbonyl (C=O) groups excluding carboxylic acids is 1. The molecule has 2 aromatic heterocycles. The van der Waals surface area contributed by atoms with Crippen molar-refractivity contribution >= 4 is 39.2 Å². The zero-order valence-electron chi connectivity index (χ0n) is 9.36. The van der Waals surface area contributed by atoms with Gasteiger partial charge in [-0.05, 0) is 13.0 Å². The van der Waals surface area contributed by atoms with Crippen molar-refractivity contribution in [3.05, 3.63) is 10.9 Å². The van der Waals surface area contributed by atoms with Crippen LogP contribution in [-0.2, 0) is 4.79 Å². The highest BCUT2D eigenvalue weighted by Gasteiger charge is 2.08. The molecule has 7 heteroatoms. The number of nitrogens with one attached hydrogen (secondary N) is 1. The summed E-state index contributed by atoms with van der Waals surface area (Å²) in [6.07, 6.45) is 0.258. The lowest BCUT2D eigenvalue weighted by Gasteiger charge is -2.05. The second kappa shape index (κ2) is 4.54. The van der Waals surface area contributed by atoms with Gasteiger partial charge in [-0.15, -0.1) is 11.3 Å². The number of amides is 1. The zero-order chi connectivity index (χ0) is 12.4. The smallest absolute Gasteiger partial charge is 0.223 e. The van der Waals surface area contributed by atoms with E-state index in [1.807, 2.05) is 13.0 Å². The van der Waals surface area contributed by atoms with Crippen LogP contribution in [0.5, 0.6) is 0 Å². The third kappa shape index (κ3) is 2.62. The van der Waals surface area contributed by atoms with Crippen molar-refractivity contribution in [2.24, 2.45) is 5.73 Å². The van der Waals surface area contributed by atoms with Crippen LogP contribution in [0, 0.1) is 6.92 Å². The molecule has 0 aliphatic rings. The van der Waals surface area contributed by atoms with Gasteiger partial charge in [-0.1, -0.05) is 0 Å². The molecule has 0 fully saturated rings. The molecule has 2 rings (SSSR count). The van der Waals surface area contributed by atoms with Crippen molar-refractivity contribution in [1.82, 2.24) is 9.97 Å². The SMILES string of the molecule is Cc1cc2c(NCCC(N)=O)nc(N)nc2s1. The number of hydrogen-bond donors (Lipinski definition) is 3. The molecule has 0 bridgehead atoms. The summed E-state index contributed by atoms with van der Waals surface area (Å²) in [6, 6.07) is 1.99. The minimum atomic E-state index is -0.350. The van der Waals surface area contributed by atoms with E-state index in [1.165, 1.54) is 0 Å². The molecular formula is C10H13N5OS. The normalized spacial score (nSPS) is 10.6. The number of nitrogens with zero attached hydrogens (tertiary/aromatic N) is 2. The van der Waals surface area contributed by atoms with Crippen LogP contribution in [0.25, 0.3) is 10.2 Å². The van der Waals surface area contributed by atoms with Gasteiger partial charge in [0.15, 0.2) is 0 Å². The molecule has 0 unspecified atom stereocenters. The maximum atomic E-state index is 10.7. The summed E-state index contributed by atoms with van der Waals surface area (Å²) in [6.45, 7) is 2.44. The number of anilines is 2. The summed E-state index contributed by atoms with van der Waals surface area (Å²) >= 11 is 1.56. The molecule has 0 aromatic carbocycles. The van der Waals surface area contributed by atoms with Crippen LogP contribution < -0.4 is 16.8 Å². The minimum absolute atomic E-state index is 0.223. The number of rotatable bonds is 4. The van der Waals surface area contributed by atoms with Crippen LogP contribution >= 0.6 is 11.3 Å². The fourth-order valence-electron chi connectivity index (χ4n) is 1.50. The fourth-order valence-corrected chi connectivity index (χ4v) is 2.38. The van der Waals surface area contributed by atoms with Gasteiger partial charge in [-0.25, -0.2) is 4.98 Å². The number of hydrogen-bond acceptors (Lipinski definition) is 6. The van der Waals surface area contributed by atoms with E-state index in [9.17, 15) is 4.79 Å². The quantitative estimate of drug-likeness (QED) is 0.747. The van der Waals surface area contributed by atoms with Crippen LogP contribution in [0.4, 0.5) is 11.8 Å². The Labute approximate surface area is 102 Å². The predicted molar refractivity (Wildman–Crippen MR) is 68.9 cm³/mol. The predicted octanol–water partition coefficient (Wildman–Crippen LogP) is 0.869. The van der Waals surface area contributed by atoms with Crippen molar-refractivity contribution in [3.63, 3.8) is 0 Å². The van der Waals surface area contributed by atoms with E-state index in [2.05, 4.69) is 15.3 Å². The molecule has 0 radical (unpaired) electrons. The van der Waals surface area contributed by atoms with Crippen molar-refractivity contribution < 1.29 is 4.79 Å². The Bertz CT molecular complexity index is 565. The lowest BCUT2D eigenvalue weighted by atomic mass is 10.3. The molecule has 0 spiro atoms. The van der Waals surface area contributed by atoms with Gasteiger partial charge in [0.1, 0.15) is 10.6 Å². The summed E-state index contributed by atoms with van der Waals surface area (Å²) in [5, 5.41) is 3.97. The van der Waals surface area contributed by atoms with Gasteiger partial charge in [-0.3, -0.25) is 4.79 Å². The van der Waals surface area contributed by atoms with Crippen LogP contribution in [0.15, 0.2) is 6.07 Å². The van der Waals surface area contributed by atoms with E-state index < -0.39 is 0 Å². The van der Waals surface area contributed by atoms with Gasteiger partial charge in [0.2, 0.25) is 11.9 Å². The monoisotopic (exact) mass is 251 g/mol.